The van der Waals surface area contributed by atoms with Gasteiger partial charge in [0, 0.05) is 22.2 Å². The number of aliphatic imine (C=N–C) groups is 1. The van der Waals surface area contributed by atoms with E-state index in [0.29, 0.717) is 16.5 Å². The number of benzene rings is 2. The van der Waals surface area contributed by atoms with Gasteiger partial charge in [0.05, 0.1) is 17.7 Å². The number of fused-ring (bicyclic) bond motifs is 1. The Morgan fingerprint density at radius 3 is 2.52 bits per heavy atom. The number of nitrogens with one attached hydrogen (secondary N) is 1. The van der Waals surface area contributed by atoms with E-state index in [1.165, 1.54) is 0 Å². The van der Waals surface area contributed by atoms with E-state index in [1.807, 2.05) is 39.0 Å². The number of halogens is 1. The van der Waals surface area contributed by atoms with Crippen LogP contribution < -0.4 is 9.46 Å². The molecule has 7 heteroatoms. The number of ether oxygens (including phenoxy) is 1. The predicted molar refractivity (Wildman–Crippen MR) is 101 cm³/mol. The number of hydrogen-bond acceptors (Lipinski definition) is 4. The van der Waals surface area contributed by atoms with Gasteiger partial charge in [-0.2, -0.15) is 0 Å². The molecule has 0 aliphatic carbocycles. The summed E-state index contributed by atoms with van der Waals surface area (Å²) in [5.74, 6) is 0.580. The zero-order chi connectivity index (χ0) is 18.4. The fraction of sp³-hybridized carbons (Fsp3) is 0.278. The molecule has 132 valence electrons. The Bertz CT molecular complexity index is 982. The van der Waals surface area contributed by atoms with E-state index in [-0.39, 0.29) is 0 Å². The molecule has 3 rings (SSSR count). The second-order valence-corrected chi connectivity index (χ2v) is 8.71. The maximum atomic E-state index is 11.5. The lowest BCUT2D eigenvalue weighted by molar-refractivity contribution is 0.115. The van der Waals surface area contributed by atoms with Crippen LogP contribution in [0, 0.1) is 6.92 Å². The summed E-state index contributed by atoms with van der Waals surface area (Å²) in [5, 5.41) is 0.698. The van der Waals surface area contributed by atoms with Crippen LogP contribution in [0.2, 0.25) is 5.02 Å². The molecule has 1 aliphatic heterocycles. The molecule has 0 bridgehead atoms. The van der Waals surface area contributed by atoms with Crippen molar-refractivity contribution in [1.82, 2.24) is 0 Å². The summed E-state index contributed by atoms with van der Waals surface area (Å²) in [6.07, 6.45) is 1.11. The molecule has 2 aromatic carbocycles. The summed E-state index contributed by atoms with van der Waals surface area (Å²) in [4.78, 5) is 4.71. The van der Waals surface area contributed by atoms with Gasteiger partial charge >= 0.3 is 0 Å². The van der Waals surface area contributed by atoms with Crippen LogP contribution in [0.15, 0.2) is 41.4 Å². The van der Waals surface area contributed by atoms with E-state index in [1.54, 1.807) is 18.2 Å². The number of anilines is 1. The number of aryl methyl sites for hydroxylation is 1. The maximum absolute atomic E-state index is 11.5. The molecule has 5 nitrogen and oxygen atoms in total. The quantitative estimate of drug-likeness (QED) is 0.878. The van der Waals surface area contributed by atoms with Crippen LogP contribution in [0.1, 0.15) is 30.5 Å². The lowest BCUT2D eigenvalue weighted by atomic mass is 9.97. The topological polar surface area (TPSA) is 67.8 Å². The van der Waals surface area contributed by atoms with Crippen LogP contribution >= 0.6 is 11.6 Å². The van der Waals surface area contributed by atoms with Crippen LogP contribution in [-0.4, -0.2) is 26.1 Å². The molecule has 1 N–H and O–H groups in total. The number of sulfonamides is 1. The summed E-state index contributed by atoms with van der Waals surface area (Å²) in [6.45, 7) is 5.65. The highest BCUT2D eigenvalue weighted by atomic mass is 35.5. The zero-order valence-electron chi connectivity index (χ0n) is 14.4. The normalized spacial score (nSPS) is 15.8. The Morgan fingerprint density at radius 1 is 1.16 bits per heavy atom. The molecule has 0 atom stereocenters. The van der Waals surface area contributed by atoms with Crippen LogP contribution in [0.3, 0.4) is 0 Å². The Kier molecular flexibility index (Phi) is 4.29. The molecule has 0 saturated heterocycles. The molecule has 0 saturated carbocycles. The minimum Gasteiger partial charge on any atom is -0.466 e. The third kappa shape index (κ3) is 3.96. The van der Waals surface area contributed by atoms with Gasteiger partial charge in [0.15, 0.2) is 5.72 Å². The maximum Gasteiger partial charge on any atom is 0.229 e. The smallest absolute Gasteiger partial charge is 0.229 e. The van der Waals surface area contributed by atoms with E-state index in [9.17, 15) is 8.42 Å². The van der Waals surface area contributed by atoms with Crippen molar-refractivity contribution in [2.45, 2.75) is 26.5 Å². The highest BCUT2D eigenvalue weighted by molar-refractivity contribution is 7.92. The SMILES string of the molecule is Cc1cc(C2=NC(C)(C)Oc3cc(NS(C)(=O)=O)ccc32)ccc1Cl. The van der Waals surface area contributed by atoms with Crippen molar-refractivity contribution in [3.05, 3.63) is 58.1 Å². The largest absolute Gasteiger partial charge is 0.466 e. The second kappa shape index (κ2) is 6.04. The monoisotopic (exact) mass is 378 g/mol. The molecule has 0 radical (unpaired) electrons. The average molecular weight is 379 g/mol. The standard InChI is InChI=1S/C18H19ClN2O3S/c1-11-9-12(5-8-15(11)19)17-14-7-6-13(21-25(4,22)23)10-16(14)24-18(2,3)20-17/h5-10,21H,1-4H3. The zero-order valence-corrected chi connectivity index (χ0v) is 16.0. The molecule has 2 aromatic rings. The van der Waals surface area contributed by atoms with E-state index in [4.69, 9.17) is 21.3 Å². The fourth-order valence-electron chi connectivity index (χ4n) is 2.71. The number of nitrogens with zero attached hydrogens (tertiary/aromatic N) is 1. The van der Waals surface area contributed by atoms with Crippen molar-refractivity contribution < 1.29 is 13.2 Å². The van der Waals surface area contributed by atoms with Gasteiger partial charge in [0.1, 0.15) is 5.75 Å². The third-order valence-corrected chi connectivity index (χ3v) is 4.74. The van der Waals surface area contributed by atoms with Gasteiger partial charge in [-0.15, -0.1) is 0 Å². The first-order valence-electron chi connectivity index (χ1n) is 7.72. The minimum atomic E-state index is -3.36. The van der Waals surface area contributed by atoms with Crippen LogP contribution in [0.4, 0.5) is 5.69 Å². The summed E-state index contributed by atoms with van der Waals surface area (Å²) in [6, 6.07) is 10.9. The average Bonchev–Trinajstić information content (AvgIpc) is 2.46. The van der Waals surface area contributed by atoms with Gasteiger partial charge in [-0.25, -0.2) is 13.4 Å². The summed E-state index contributed by atoms with van der Waals surface area (Å²) >= 11 is 6.13. The Hall–Kier alpha value is -2.05. The summed E-state index contributed by atoms with van der Waals surface area (Å²) in [5.41, 5.74) is 3.17. The first-order valence-corrected chi connectivity index (χ1v) is 9.99. The van der Waals surface area contributed by atoms with Gasteiger partial charge in [0.25, 0.3) is 0 Å². The second-order valence-electron chi connectivity index (χ2n) is 6.56. The van der Waals surface area contributed by atoms with Gasteiger partial charge in [-0.05, 0) is 50.6 Å². The van der Waals surface area contributed by atoms with Crippen LogP contribution in [0.25, 0.3) is 0 Å². The van der Waals surface area contributed by atoms with Crippen molar-refractivity contribution in [1.29, 1.82) is 0 Å². The first kappa shape index (κ1) is 17.8. The molecule has 0 amide bonds. The van der Waals surface area contributed by atoms with Crippen molar-refractivity contribution >= 4 is 33.0 Å². The van der Waals surface area contributed by atoms with Gasteiger partial charge in [-0.3, -0.25) is 4.72 Å². The lowest BCUT2D eigenvalue weighted by Crippen LogP contribution is -2.32. The molecule has 0 unspecified atom stereocenters. The highest BCUT2D eigenvalue weighted by Gasteiger charge is 2.29. The Balaban J connectivity index is 2.11. The molecular weight excluding hydrogens is 360 g/mol. The molecule has 0 fully saturated rings. The van der Waals surface area contributed by atoms with Crippen molar-refractivity contribution in [2.75, 3.05) is 11.0 Å². The van der Waals surface area contributed by atoms with Gasteiger partial charge in [0.2, 0.25) is 10.0 Å². The molecule has 25 heavy (non-hydrogen) atoms. The van der Waals surface area contributed by atoms with E-state index in [0.717, 1.165) is 28.7 Å². The van der Waals surface area contributed by atoms with Crippen molar-refractivity contribution in [3.63, 3.8) is 0 Å². The molecule has 1 heterocycles. The van der Waals surface area contributed by atoms with E-state index < -0.39 is 15.7 Å². The number of hydrogen-bond donors (Lipinski definition) is 1. The summed E-state index contributed by atoms with van der Waals surface area (Å²) in [7, 11) is -3.36. The Morgan fingerprint density at radius 2 is 1.88 bits per heavy atom. The Labute approximate surface area is 152 Å². The highest BCUT2D eigenvalue weighted by Crippen LogP contribution is 2.35. The van der Waals surface area contributed by atoms with E-state index >= 15 is 0 Å². The van der Waals surface area contributed by atoms with Gasteiger partial charge < -0.3 is 4.74 Å². The molecule has 1 aliphatic rings. The fourth-order valence-corrected chi connectivity index (χ4v) is 3.39. The number of rotatable bonds is 3. The minimum absolute atomic E-state index is 0.450. The first-order chi connectivity index (χ1) is 11.5. The van der Waals surface area contributed by atoms with Crippen LogP contribution in [-0.2, 0) is 10.0 Å². The molecular formula is C18H19ClN2O3S. The third-order valence-electron chi connectivity index (χ3n) is 3.71. The molecule has 0 aromatic heterocycles. The molecule has 0 spiro atoms. The van der Waals surface area contributed by atoms with Crippen molar-refractivity contribution in [3.8, 4) is 5.75 Å². The van der Waals surface area contributed by atoms with Gasteiger partial charge in [-0.1, -0.05) is 17.7 Å². The summed E-state index contributed by atoms with van der Waals surface area (Å²) < 4.78 is 31.3. The van der Waals surface area contributed by atoms with Crippen molar-refractivity contribution in [2.24, 2.45) is 4.99 Å². The van der Waals surface area contributed by atoms with E-state index in [2.05, 4.69) is 4.72 Å². The van der Waals surface area contributed by atoms with Crippen LogP contribution in [0.5, 0.6) is 5.75 Å². The lowest BCUT2D eigenvalue weighted by Gasteiger charge is -2.30. The predicted octanol–water partition coefficient (Wildman–Crippen LogP) is 3.99.